The van der Waals surface area contributed by atoms with Gasteiger partial charge in [-0.3, -0.25) is 9.59 Å². The SMILES string of the molecule is CC(=O)N1[C@@H]2CCC[C@H]1CC(NC(=O)c1ccnnc1)C2. The minimum Gasteiger partial charge on any atom is -0.349 e. The molecule has 1 aromatic heterocycles. The lowest BCUT2D eigenvalue weighted by atomic mass is 9.81. The van der Waals surface area contributed by atoms with Crippen molar-refractivity contribution in [1.29, 1.82) is 0 Å². The number of rotatable bonds is 2. The first kappa shape index (κ1) is 14.0. The molecule has 2 fully saturated rings. The smallest absolute Gasteiger partial charge is 0.253 e. The standard InChI is InChI=1S/C15H20N4O2/c1-10(20)19-13-3-2-4-14(19)8-12(7-13)18-15(21)11-5-6-16-17-9-11/h5-6,9,12-14H,2-4,7-8H2,1H3,(H,18,21)/t12?,13-,14+. The predicted octanol–water partition coefficient (Wildman–Crippen LogP) is 1.14. The molecule has 3 rings (SSSR count). The van der Waals surface area contributed by atoms with Crippen LogP contribution in [0.2, 0.25) is 0 Å². The van der Waals surface area contributed by atoms with Gasteiger partial charge in [-0.25, -0.2) is 0 Å². The fourth-order valence-electron chi connectivity index (χ4n) is 3.71. The number of aromatic nitrogens is 2. The van der Waals surface area contributed by atoms with Gasteiger partial charge in [0.2, 0.25) is 5.91 Å². The van der Waals surface area contributed by atoms with Crippen molar-refractivity contribution in [2.45, 2.75) is 57.2 Å². The molecule has 0 saturated carbocycles. The Morgan fingerprint density at radius 2 is 1.95 bits per heavy atom. The summed E-state index contributed by atoms with van der Waals surface area (Å²) >= 11 is 0. The van der Waals surface area contributed by atoms with Crippen LogP contribution < -0.4 is 5.32 Å². The van der Waals surface area contributed by atoms with E-state index in [-0.39, 0.29) is 29.9 Å². The summed E-state index contributed by atoms with van der Waals surface area (Å²) in [4.78, 5) is 26.0. The Morgan fingerprint density at radius 3 is 2.52 bits per heavy atom. The van der Waals surface area contributed by atoms with E-state index >= 15 is 0 Å². The molecule has 0 radical (unpaired) electrons. The monoisotopic (exact) mass is 288 g/mol. The quantitative estimate of drug-likeness (QED) is 0.885. The molecule has 1 unspecified atom stereocenters. The van der Waals surface area contributed by atoms with Crippen LogP contribution in [0.3, 0.4) is 0 Å². The molecular formula is C15H20N4O2. The maximum atomic E-state index is 12.2. The van der Waals surface area contributed by atoms with Crippen molar-refractivity contribution in [3.63, 3.8) is 0 Å². The molecule has 0 aliphatic carbocycles. The number of amides is 2. The third-order valence-electron chi connectivity index (χ3n) is 4.52. The lowest BCUT2D eigenvalue weighted by Gasteiger charge is -2.48. The highest BCUT2D eigenvalue weighted by Crippen LogP contribution is 2.34. The Hall–Kier alpha value is -1.98. The van der Waals surface area contributed by atoms with Crippen molar-refractivity contribution in [1.82, 2.24) is 20.4 Å². The van der Waals surface area contributed by atoms with E-state index in [0.717, 1.165) is 25.7 Å². The highest BCUT2D eigenvalue weighted by atomic mass is 16.2. The van der Waals surface area contributed by atoms with Crippen molar-refractivity contribution in [3.8, 4) is 0 Å². The van der Waals surface area contributed by atoms with Gasteiger partial charge in [-0.15, -0.1) is 0 Å². The van der Waals surface area contributed by atoms with Gasteiger partial charge in [0.1, 0.15) is 0 Å². The van der Waals surface area contributed by atoms with Gasteiger partial charge >= 0.3 is 0 Å². The molecule has 0 spiro atoms. The molecule has 1 N–H and O–H groups in total. The minimum absolute atomic E-state index is 0.107. The van der Waals surface area contributed by atoms with E-state index in [0.29, 0.717) is 5.56 Å². The highest BCUT2D eigenvalue weighted by Gasteiger charge is 2.39. The molecular weight excluding hydrogens is 268 g/mol. The number of nitrogens with one attached hydrogen (secondary N) is 1. The molecule has 3 atom stereocenters. The zero-order valence-corrected chi connectivity index (χ0v) is 12.2. The zero-order chi connectivity index (χ0) is 14.8. The van der Waals surface area contributed by atoms with E-state index < -0.39 is 0 Å². The topological polar surface area (TPSA) is 75.2 Å². The summed E-state index contributed by atoms with van der Waals surface area (Å²) in [6, 6.07) is 2.34. The maximum Gasteiger partial charge on any atom is 0.253 e. The molecule has 21 heavy (non-hydrogen) atoms. The third kappa shape index (κ3) is 2.89. The van der Waals surface area contributed by atoms with Crippen LogP contribution in [-0.4, -0.2) is 45.0 Å². The zero-order valence-electron chi connectivity index (χ0n) is 12.2. The molecule has 1 aromatic rings. The molecule has 2 amide bonds. The number of nitrogens with zero attached hydrogens (tertiary/aromatic N) is 3. The van der Waals surface area contributed by atoms with Crippen LogP contribution in [0.15, 0.2) is 18.5 Å². The summed E-state index contributed by atoms with van der Waals surface area (Å²) < 4.78 is 0. The van der Waals surface area contributed by atoms with Gasteiger partial charge in [0.15, 0.2) is 0 Å². The van der Waals surface area contributed by atoms with E-state index in [4.69, 9.17) is 0 Å². The van der Waals surface area contributed by atoms with Crippen LogP contribution in [0.1, 0.15) is 49.4 Å². The summed E-state index contributed by atoms with van der Waals surface area (Å²) in [5.74, 6) is 0.0528. The molecule has 6 heteroatoms. The Bertz CT molecular complexity index is 520. The first-order valence-electron chi connectivity index (χ1n) is 7.51. The molecule has 112 valence electrons. The van der Waals surface area contributed by atoms with E-state index in [1.165, 1.54) is 18.8 Å². The molecule has 6 nitrogen and oxygen atoms in total. The summed E-state index contributed by atoms with van der Waals surface area (Å²) in [7, 11) is 0. The number of carbonyl (C=O) groups excluding carboxylic acids is 2. The van der Waals surface area contributed by atoms with Crippen LogP contribution in [0, 0.1) is 0 Å². The molecule has 2 saturated heterocycles. The number of piperidine rings is 2. The fourth-order valence-corrected chi connectivity index (χ4v) is 3.71. The minimum atomic E-state index is -0.107. The van der Waals surface area contributed by atoms with Crippen LogP contribution in [0.4, 0.5) is 0 Å². The lowest BCUT2D eigenvalue weighted by molar-refractivity contribution is -0.138. The second-order valence-electron chi connectivity index (χ2n) is 5.94. The van der Waals surface area contributed by atoms with Crippen LogP contribution in [0.5, 0.6) is 0 Å². The Morgan fingerprint density at radius 1 is 1.24 bits per heavy atom. The van der Waals surface area contributed by atoms with Gasteiger partial charge in [0, 0.05) is 25.0 Å². The van der Waals surface area contributed by atoms with Crippen LogP contribution >= 0.6 is 0 Å². The molecule has 0 aromatic carbocycles. The number of carbonyl (C=O) groups is 2. The molecule has 2 aliphatic heterocycles. The third-order valence-corrected chi connectivity index (χ3v) is 4.52. The van der Waals surface area contributed by atoms with E-state index in [9.17, 15) is 9.59 Å². The summed E-state index contributed by atoms with van der Waals surface area (Å²) in [5, 5.41) is 10.5. The average molecular weight is 288 g/mol. The largest absolute Gasteiger partial charge is 0.349 e. The van der Waals surface area contributed by atoms with E-state index in [1.54, 1.807) is 13.0 Å². The second-order valence-corrected chi connectivity index (χ2v) is 5.94. The van der Waals surface area contributed by atoms with E-state index in [1.807, 2.05) is 4.90 Å². The van der Waals surface area contributed by atoms with Gasteiger partial charge in [0.25, 0.3) is 5.91 Å². The maximum absolute atomic E-state index is 12.2. The fraction of sp³-hybridized carbons (Fsp3) is 0.600. The van der Waals surface area contributed by atoms with Gasteiger partial charge < -0.3 is 10.2 Å². The Balaban J connectivity index is 1.66. The number of fused-ring (bicyclic) bond motifs is 2. The van der Waals surface area contributed by atoms with Gasteiger partial charge in [-0.05, 0) is 38.2 Å². The van der Waals surface area contributed by atoms with Gasteiger partial charge in [0.05, 0.1) is 18.0 Å². The first-order chi connectivity index (χ1) is 10.1. The van der Waals surface area contributed by atoms with Crippen LogP contribution in [-0.2, 0) is 4.79 Å². The van der Waals surface area contributed by atoms with Crippen LogP contribution in [0.25, 0.3) is 0 Å². The predicted molar refractivity (Wildman–Crippen MR) is 76.5 cm³/mol. The van der Waals surface area contributed by atoms with Crippen molar-refractivity contribution in [2.75, 3.05) is 0 Å². The molecule has 2 bridgehead atoms. The second kappa shape index (κ2) is 5.79. The van der Waals surface area contributed by atoms with Gasteiger partial charge in [-0.1, -0.05) is 0 Å². The Labute approximate surface area is 123 Å². The van der Waals surface area contributed by atoms with E-state index in [2.05, 4.69) is 15.5 Å². The van der Waals surface area contributed by atoms with Crippen molar-refractivity contribution >= 4 is 11.8 Å². The Kier molecular flexibility index (Phi) is 3.86. The average Bonchev–Trinajstić information content (AvgIpc) is 2.47. The summed E-state index contributed by atoms with van der Waals surface area (Å²) in [6.07, 6.45) is 7.94. The molecule has 2 aliphatic rings. The highest BCUT2D eigenvalue weighted by molar-refractivity contribution is 5.93. The molecule has 3 heterocycles. The van der Waals surface area contributed by atoms with Crippen molar-refractivity contribution in [3.05, 3.63) is 24.0 Å². The lowest BCUT2D eigenvalue weighted by Crippen LogP contribution is -2.58. The van der Waals surface area contributed by atoms with Gasteiger partial charge in [-0.2, -0.15) is 10.2 Å². The van der Waals surface area contributed by atoms with Crippen molar-refractivity contribution < 1.29 is 9.59 Å². The number of hydrogen-bond acceptors (Lipinski definition) is 4. The summed E-state index contributed by atoms with van der Waals surface area (Å²) in [5.41, 5.74) is 0.532. The first-order valence-corrected chi connectivity index (χ1v) is 7.51. The number of hydrogen-bond donors (Lipinski definition) is 1. The van der Waals surface area contributed by atoms with Crippen molar-refractivity contribution in [2.24, 2.45) is 0 Å². The normalized spacial score (nSPS) is 28.0. The summed E-state index contributed by atoms with van der Waals surface area (Å²) in [6.45, 7) is 1.65.